The van der Waals surface area contributed by atoms with Crippen LogP contribution in [0.5, 0.6) is 0 Å². The largest absolute Gasteiger partial charge is 0.465 e. The van der Waals surface area contributed by atoms with Crippen molar-refractivity contribution in [1.82, 2.24) is 19.8 Å². The molecule has 0 saturated carbocycles. The Labute approximate surface area is 243 Å². The Morgan fingerprint density at radius 3 is 2.54 bits per heavy atom. The number of carbonyl (C=O) groups is 2. The van der Waals surface area contributed by atoms with Gasteiger partial charge in [-0.15, -0.1) is 0 Å². The molecule has 1 aliphatic rings. The van der Waals surface area contributed by atoms with Crippen molar-refractivity contribution in [2.75, 3.05) is 19.0 Å². The van der Waals surface area contributed by atoms with Crippen LogP contribution >= 0.6 is 12.2 Å². The Morgan fingerprint density at radius 2 is 1.80 bits per heavy atom. The predicted octanol–water partition coefficient (Wildman–Crippen LogP) is 5.42. The molecule has 41 heavy (non-hydrogen) atoms. The Balaban J connectivity index is 1.51. The lowest BCUT2D eigenvalue weighted by Crippen LogP contribution is -2.33. The zero-order valence-electron chi connectivity index (χ0n) is 22.9. The molecule has 0 radical (unpaired) electrons. The highest BCUT2D eigenvalue weighted by molar-refractivity contribution is 7.80. The van der Waals surface area contributed by atoms with E-state index in [4.69, 9.17) is 17.0 Å². The molecule has 0 bridgehead atoms. The number of benzene rings is 2. The number of esters is 1. The molecule has 2 aromatic heterocycles. The quantitative estimate of drug-likeness (QED) is 0.216. The highest BCUT2D eigenvalue weighted by Crippen LogP contribution is 2.41. The van der Waals surface area contributed by atoms with E-state index in [1.54, 1.807) is 30.5 Å². The molecule has 1 aliphatic heterocycles. The van der Waals surface area contributed by atoms with Gasteiger partial charge in [0.25, 0.3) is 0 Å². The average Bonchev–Trinajstić information content (AvgIpc) is 3.47. The van der Waals surface area contributed by atoms with Gasteiger partial charge in [0.15, 0.2) is 5.11 Å². The lowest BCUT2D eigenvalue weighted by molar-refractivity contribution is -0.116. The van der Waals surface area contributed by atoms with Gasteiger partial charge in [0, 0.05) is 30.6 Å². The number of aromatic nitrogens is 2. The van der Waals surface area contributed by atoms with Gasteiger partial charge in [0.2, 0.25) is 5.91 Å². The number of para-hydroxylation sites is 2. The number of methoxy groups -OCH3 is 1. The number of thiocarbonyl (C=S) groups is 1. The summed E-state index contributed by atoms with van der Waals surface area (Å²) in [6, 6.07) is 20.6. The molecule has 0 aliphatic carbocycles. The lowest BCUT2D eigenvalue weighted by Gasteiger charge is -2.28. The summed E-state index contributed by atoms with van der Waals surface area (Å²) in [6.07, 6.45) is 1.82. The summed E-state index contributed by atoms with van der Waals surface area (Å²) in [5, 5.41) is 6.55. The van der Waals surface area contributed by atoms with E-state index in [1.807, 2.05) is 53.6 Å². The van der Waals surface area contributed by atoms with Crippen LogP contribution in [0, 0.1) is 19.7 Å². The molecule has 210 valence electrons. The molecule has 0 spiro atoms. The van der Waals surface area contributed by atoms with Crippen LogP contribution in [0.3, 0.4) is 0 Å². The van der Waals surface area contributed by atoms with E-state index in [-0.39, 0.29) is 30.1 Å². The van der Waals surface area contributed by atoms with Crippen LogP contribution in [0.1, 0.15) is 51.5 Å². The van der Waals surface area contributed by atoms with Crippen molar-refractivity contribution >= 4 is 34.9 Å². The minimum absolute atomic E-state index is 0.0888. The Bertz CT molecular complexity index is 1610. The summed E-state index contributed by atoms with van der Waals surface area (Å²) in [5.74, 6) is -1.24. The third kappa shape index (κ3) is 5.55. The van der Waals surface area contributed by atoms with E-state index in [0.717, 1.165) is 22.6 Å². The lowest BCUT2D eigenvalue weighted by atomic mass is 9.96. The topological polar surface area (TPSA) is 88.5 Å². The van der Waals surface area contributed by atoms with Gasteiger partial charge >= 0.3 is 5.97 Å². The summed E-state index contributed by atoms with van der Waals surface area (Å²) in [4.78, 5) is 32.0. The van der Waals surface area contributed by atoms with Gasteiger partial charge in [0.1, 0.15) is 5.82 Å². The minimum Gasteiger partial charge on any atom is -0.465 e. The number of nitrogens with zero attached hydrogens (tertiary/aromatic N) is 3. The molecule has 5 rings (SSSR count). The number of rotatable bonds is 8. The fraction of sp³-hybridized carbons (Fsp3) is 0.226. The molecular weight excluding hydrogens is 541 g/mol. The van der Waals surface area contributed by atoms with Crippen molar-refractivity contribution in [3.8, 4) is 5.69 Å². The molecule has 10 heteroatoms. The van der Waals surface area contributed by atoms with Crippen molar-refractivity contribution in [3.05, 3.63) is 113 Å². The number of halogens is 1. The summed E-state index contributed by atoms with van der Waals surface area (Å²) in [5.41, 5.74) is 4.90. The maximum absolute atomic E-state index is 14.1. The number of carbonyl (C=O) groups excluding carboxylic acids is 2. The Hall–Kier alpha value is -4.57. The molecule has 2 atom stereocenters. The predicted molar refractivity (Wildman–Crippen MR) is 158 cm³/mol. The van der Waals surface area contributed by atoms with E-state index in [0.29, 0.717) is 22.9 Å². The van der Waals surface area contributed by atoms with Crippen LogP contribution < -0.4 is 10.6 Å². The molecule has 1 saturated heterocycles. The summed E-state index contributed by atoms with van der Waals surface area (Å²) in [6.45, 7) is 4.27. The van der Waals surface area contributed by atoms with E-state index in [9.17, 15) is 14.0 Å². The average molecular weight is 572 g/mol. The number of aryl methyl sites for hydroxylation is 1. The van der Waals surface area contributed by atoms with Crippen LogP contribution in [-0.4, -0.2) is 45.1 Å². The monoisotopic (exact) mass is 571 g/mol. The number of nitrogens with one attached hydrogen (secondary N) is 2. The highest BCUT2D eigenvalue weighted by atomic mass is 32.1. The third-order valence-electron chi connectivity index (χ3n) is 7.26. The smallest absolute Gasteiger partial charge is 0.339 e. The highest BCUT2D eigenvalue weighted by Gasteiger charge is 2.41. The second-order valence-electron chi connectivity index (χ2n) is 9.77. The van der Waals surface area contributed by atoms with E-state index >= 15 is 0 Å². The molecule has 3 heterocycles. The van der Waals surface area contributed by atoms with E-state index in [2.05, 4.69) is 21.7 Å². The van der Waals surface area contributed by atoms with Crippen LogP contribution in [0.2, 0.25) is 0 Å². The zero-order chi connectivity index (χ0) is 29.1. The zero-order valence-corrected chi connectivity index (χ0v) is 23.7. The van der Waals surface area contributed by atoms with Gasteiger partial charge in [-0.3, -0.25) is 9.78 Å². The number of pyridine rings is 1. The summed E-state index contributed by atoms with van der Waals surface area (Å²) in [7, 11) is 1.36. The molecule has 8 nitrogen and oxygen atoms in total. The maximum Gasteiger partial charge on any atom is 0.339 e. The molecule has 2 aromatic carbocycles. The first kappa shape index (κ1) is 28.0. The molecule has 1 fully saturated rings. The number of anilines is 1. The molecule has 2 N–H and O–H groups in total. The van der Waals surface area contributed by atoms with Crippen LogP contribution in [0.4, 0.5) is 10.1 Å². The van der Waals surface area contributed by atoms with E-state index < -0.39 is 11.8 Å². The van der Waals surface area contributed by atoms with Crippen molar-refractivity contribution in [1.29, 1.82) is 0 Å². The molecule has 4 aromatic rings. The van der Waals surface area contributed by atoms with Crippen molar-refractivity contribution in [2.45, 2.75) is 32.4 Å². The number of hydrogen-bond donors (Lipinski definition) is 2. The standard InChI is InChI=1S/C31H30FN5O3S/c1-19-18-22(20(2)37(19)26-14-7-4-10-21(26)30(39)40-3)29-28(25-13-8-9-16-33-25)35-31(41)36(29)17-15-27(38)34-24-12-6-5-11-23(24)32/h4-14,16,18,28-29H,15,17H2,1-3H3,(H,34,38)(H,35,41)/t28-,29+/m1/s1. The number of amides is 1. The molecule has 1 amide bonds. The summed E-state index contributed by atoms with van der Waals surface area (Å²) < 4.78 is 21.2. The van der Waals surface area contributed by atoms with Gasteiger partial charge in [-0.25, -0.2) is 9.18 Å². The fourth-order valence-electron chi connectivity index (χ4n) is 5.39. The molecular formula is C31H30FN5O3S. The Kier molecular flexibility index (Phi) is 8.11. The minimum atomic E-state index is -0.494. The van der Waals surface area contributed by atoms with Gasteiger partial charge in [-0.2, -0.15) is 0 Å². The van der Waals surface area contributed by atoms with Crippen molar-refractivity contribution < 1.29 is 18.7 Å². The maximum atomic E-state index is 14.1. The molecule has 0 unspecified atom stereocenters. The first-order chi connectivity index (χ1) is 19.8. The van der Waals surface area contributed by atoms with Crippen LogP contribution in [-0.2, 0) is 9.53 Å². The third-order valence-corrected chi connectivity index (χ3v) is 7.62. The second kappa shape index (κ2) is 11.9. The SMILES string of the molecule is COC(=O)c1ccccc1-n1c(C)cc([C@H]2[C@@H](c3ccccn3)NC(=S)N2CCC(=O)Nc2ccccc2F)c1C. The second-order valence-corrected chi connectivity index (χ2v) is 10.2. The number of ether oxygens (including phenoxy) is 1. The van der Waals surface area contributed by atoms with Gasteiger partial charge < -0.3 is 24.8 Å². The van der Waals surface area contributed by atoms with Crippen LogP contribution in [0.15, 0.2) is 79.0 Å². The fourth-order valence-corrected chi connectivity index (χ4v) is 5.72. The normalized spacial score (nSPS) is 16.4. The van der Waals surface area contributed by atoms with Gasteiger partial charge in [-0.1, -0.05) is 30.3 Å². The number of hydrogen-bond acceptors (Lipinski definition) is 5. The summed E-state index contributed by atoms with van der Waals surface area (Å²) >= 11 is 5.77. The van der Waals surface area contributed by atoms with Gasteiger partial charge in [0.05, 0.1) is 41.8 Å². The van der Waals surface area contributed by atoms with Crippen molar-refractivity contribution in [3.63, 3.8) is 0 Å². The van der Waals surface area contributed by atoms with Crippen LogP contribution in [0.25, 0.3) is 5.69 Å². The first-order valence-corrected chi connectivity index (χ1v) is 13.6. The first-order valence-electron chi connectivity index (χ1n) is 13.2. The van der Waals surface area contributed by atoms with Crippen molar-refractivity contribution in [2.24, 2.45) is 0 Å². The Morgan fingerprint density at radius 1 is 1.07 bits per heavy atom. The van der Waals surface area contributed by atoms with E-state index in [1.165, 1.54) is 19.2 Å². The van der Waals surface area contributed by atoms with Gasteiger partial charge in [-0.05, 0) is 74.1 Å².